The van der Waals surface area contributed by atoms with Crippen molar-refractivity contribution >= 4 is 17.4 Å². The Morgan fingerprint density at radius 1 is 0.971 bits per heavy atom. The normalized spacial score (nSPS) is 17.3. The molecule has 1 saturated heterocycles. The molecule has 0 radical (unpaired) electrons. The molecule has 1 aromatic carbocycles. The number of carbonyl (C=O) groups is 2. The lowest BCUT2D eigenvalue weighted by Gasteiger charge is -2.24. The molecule has 0 spiro atoms. The van der Waals surface area contributed by atoms with E-state index in [1.165, 1.54) is 11.1 Å². The van der Waals surface area contributed by atoms with Crippen molar-refractivity contribution in [1.29, 1.82) is 0 Å². The van der Waals surface area contributed by atoms with E-state index in [1.807, 2.05) is 36.4 Å². The summed E-state index contributed by atoms with van der Waals surface area (Å²) in [7, 11) is 0. The van der Waals surface area contributed by atoms with E-state index < -0.39 is 17.7 Å². The molecular weight excluding hydrogens is 430 g/mol. The van der Waals surface area contributed by atoms with E-state index >= 15 is 0 Å². The van der Waals surface area contributed by atoms with Crippen molar-refractivity contribution in [3.63, 3.8) is 0 Å². The second-order valence-electron chi connectivity index (χ2n) is 7.93. The highest BCUT2D eigenvalue weighted by molar-refractivity contribution is 6.46. The van der Waals surface area contributed by atoms with Gasteiger partial charge in [-0.3, -0.25) is 19.6 Å². The number of nitrogens with zero attached hydrogens (tertiary/aromatic N) is 5. The number of aliphatic hydroxyl groups excluding tert-OH is 1. The molecule has 0 unspecified atom stereocenters. The lowest BCUT2D eigenvalue weighted by atomic mass is 9.98. The fraction of sp³-hybridized carbons (Fsp3) is 0.115. The summed E-state index contributed by atoms with van der Waals surface area (Å²) in [6.45, 7) is 1.95. The van der Waals surface area contributed by atoms with Gasteiger partial charge in [0.1, 0.15) is 11.8 Å². The standard InChI is InChI=1S/C26H21N5O3/c1-17-20(15-29-31(17)19-9-3-2-4-10-19)24(32)22-23(21-11-5-6-13-28-21)30(26(34)25(22)33)16-18-8-7-12-27-14-18/h2-15,23,32H,16H2,1H3/t23-/m1/s1. The van der Waals surface area contributed by atoms with Gasteiger partial charge in [0.15, 0.2) is 0 Å². The first-order chi connectivity index (χ1) is 16.6. The molecule has 168 valence electrons. The van der Waals surface area contributed by atoms with Crippen LogP contribution in [0.3, 0.4) is 0 Å². The zero-order valence-corrected chi connectivity index (χ0v) is 18.4. The summed E-state index contributed by atoms with van der Waals surface area (Å²) in [5.41, 5.74) is 3.07. The molecule has 3 aromatic heterocycles. The van der Waals surface area contributed by atoms with Crippen molar-refractivity contribution in [3.8, 4) is 5.69 Å². The fourth-order valence-electron chi connectivity index (χ4n) is 4.19. The van der Waals surface area contributed by atoms with Crippen LogP contribution >= 0.6 is 0 Å². The van der Waals surface area contributed by atoms with Crippen molar-refractivity contribution < 1.29 is 14.7 Å². The van der Waals surface area contributed by atoms with Crippen LogP contribution in [0.4, 0.5) is 0 Å². The van der Waals surface area contributed by atoms with E-state index in [4.69, 9.17) is 0 Å². The molecule has 8 heteroatoms. The van der Waals surface area contributed by atoms with Crippen LogP contribution in [0.1, 0.15) is 28.6 Å². The van der Waals surface area contributed by atoms with Gasteiger partial charge in [-0.05, 0) is 42.8 Å². The van der Waals surface area contributed by atoms with E-state index in [0.29, 0.717) is 17.0 Å². The number of likely N-dealkylation sites (tertiary alicyclic amines) is 1. The molecule has 1 amide bonds. The van der Waals surface area contributed by atoms with Crippen LogP contribution in [0.25, 0.3) is 11.4 Å². The lowest BCUT2D eigenvalue weighted by molar-refractivity contribution is -0.140. The third-order valence-electron chi connectivity index (χ3n) is 5.85. The molecule has 8 nitrogen and oxygen atoms in total. The predicted molar refractivity (Wildman–Crippen MR) is 125 cm³/mol. The minimum Gasteiger partial charge on any atom is -0.507 e. The molecular formula is C26H21N5O3. The third-order valence-corrected chi connectivity index (χ3v) is 5.85. The molecule has 1 N–H and O–H groups in total. The maximum Gasteiger partial charge on any atom is 0.296 e. The number of aliphatic hydroxyl groups is 1. The maximum atomic E-state index is 13.2. The number of amides is 1. The van der Waals surface area contributed by atoms with Crippen molar-refractivity contribution in [3.05, 3.63) is 114 Å². The van der Waals surface area contributed by atoms with Crippen molar-refractivity contribution in [2.75, 3.05) is 0 Å². The van der Waals surface area contributed by atoms with Crippen LogP contribution in [-0.2, 0) is 16.1 Å². The van der Waals surface area contributed by atoms with E-state index in [9.17, 15) is 14.7 Å². The SMILES string of the molecule is Cc1c(C(O)=C2C(=O)C(=O)N(Cc3cccnc3)[C@@H]2c2ccccn2)cnn1-c1ccccc1. The molecule has 1 aliphatic heterocycles. The summed E-state index contributed by atoms with van der Waals surface area (Å²) in [4.78, 5) is 36.2. The molecule has 1 aliphatic rings. The first-order valence-electron chi connectivity index (χ1n) is 10.7. The molecule has 4 aromatic rings. The summed E-state index contributed by atoms with van der Waals surface area (Å²) >= 11 is 0. The largest absolute Gasteiger partial charge is 0.507 e. The van der Waals surface area contributed by atoms with Gasteiger partial charge in [0.2, 0.25) is 0 Å². The number of Topliss-reactive ketones (excluding diaryl/α,β-unsaturated/α-hetero) is 1. The number of para-hydroxylation sites is 1. The van der Waals surface area contributed by atoms with E-state index in [0.717, 1.165) is 11.3 Å². The molecule has 1 atom stereocenters. The summed E-state index contributed by atoms with van der Waals surface area (Å²) in [5.74, 6) is -1.74. The summed E-state index contributed by atoms with van der Waals surface area (Å²) in [5, 5.41) is 15.7. The van der Waals surface area contributed by atoms with Gasteiger partial charge in [0.25, 0.3) is 11.7 Å². The number of rotatable bonds is 5. The van der Waals surface area contributed by atoms with Gasteiger partial charge in [0, 0.05) is 25.1 Å². The van der Waals surface area contributed by atoms with Crippen LogP contribution in [0, 0.1) is 6.92 Å². The quantitative estimate of drug-likeness (QED) is 0.283. The van der Waals surface area contributed by atoms with Gasteiger partial charge in [-0.15, -0.1) is 0 Å². The highest BCUT2D eigenvalue weighted by atomic mass is 16.3. The number of hydrogen-bond acceptors (Lipinski definition) is 6. The van der Waals surface area contributed by atoms with E-state index in [-0.39, 0.29) is 17.9 Å². The monoisotopic (exact) mass is 451 g/mol. The molecule has 34 heavy (non-hydrogen) atoms. The van der Waals surface area contributed by atoms with Gasteiger partial charge in [-0.2, -0.15) is 5.10 Å². The Kier molecular flexibility index (Phi) is 5.47. The number of benzene rings is 1. The Labute approximate surface area is 195 Å². The summed E-state index contributed by atoms with van der Waals surface area (Å²) in [6, 6.07) is 17.5. The highest BCUT2D eigenvalue weighted by Crippen LogP contribution is 2.40. The Bertz CT molecular complexity index is 1380. The Balaban J connectivity index is 1.64. The first kappa shape index (κ1) is 21.3. The van der Waals surface area contributed by atoms with Gasteiger partial charge in [-0.1, -0.05) is 30.3 Å². The third kappa shape index (κ3) is 3.65. The van der Waals surface area contributed by atoms with Gasteiger partial charge >= 0.3 is 0 Å². The molecule has 0 saturated carbocycles. The highest BCUT2D eigenvalue weighted by Gasteiger charge is 2.47. The summed E-state index contributed by atoms with van der Waals surface area (Å²) in [6.07, 6.45) is 6.38. The molecule has 0 bridgehead atoms. The van der Waals surface area contributed by atoms with Crippen LogP contribution < -0.4 is 0 Å². The van der Waals surface area contributed by atoms with Crippen LogP contribution in [0.15, 0.2) is 91.0 Å². The van der Waals surface area contributed by atoms with Gasteiger partial charge in [-0.25, -0.2) is 4.68 Å². The Hall–Kier alpha value is -4.59. The lowest BCUT2D eigenvalue weighted by Crippen LogP contribution is -2.29. The first-order valence-corrected chi connectivity index (χ1v) is 10.7. The zero-order chi connectivity index (χ0) is 23.7. The smallest absolute Gasteiger partial charge is 0.296 e. The summed E-state index contributed by atoms with van der Waals surface area (Å²) < 4.78 is 1.68. The van der Waals surface area contributed by atoms with Gasteiger partial charge in [0.05, 0.1) is 34.4 Å². The minimum atomic E-state index is -0.846. The second kappa shape index (κ2) is 8.74. The average molecular weight is 451 g/mol. The average Bonchev–Trinajstić information content (AvgIpc) is 3.38. The molecule has 1 fully saturated rings. The second-order valence-corrected chi connectivity index (χ2v) is 7.93. The van der Waals surface area contributed by atoms with E-state index in [1.54, 1.807) is 54.5 Å². The van der Waals surface area contributed by atoms with Crippen LogP contribution in [0.5, 0.6) is 0 Å². The molecule has 5 rings (SSSR count). The predicted octanol–water partition coefficient (Wildman–Crippen LogP) is 3.59. The number of ketones is 1. The molecule has 4 heterocycles. The van der Waals surface area contributed by atoms with Crippen LogP contribution in [-0.4, -0.2) is 41.4 Å². The molecule has 0 aliphatic carbocycles. The van der Waals surface area contributed by atoms with Crippen molar-refractivity contribution in [2.45, 2.75) is 19.5 Å². The zero-order valence-electron chi connectivity index (χ0n) is 18.4. The van der Waals surface area contributed by atoms with Crippen molar-refractivity contribution in [1.82, 2.24) is 24.6 Å². The Morgan fingerprint density at radius 2 is 1.76 bits per heavy atom. The number of aromatic nitrogens is 4. The number of carbonyl (C=O) groups excluding carboxylic acids is 2. The number of hydrogen-bond donors (Lipinski definition) is 1. The van der Waals surface area contributed by atoms with Gasteiger partial charge < -0.3 is 10.0 Å². The fourth-order valence-corrected chi connectivity index (χ4v) is 4.19. The minimum absolute atomic E-state index is 0.0108. The van der Waals surface area contributed by atoms with Crippen molar-refractivity contribution in [2.24, 2.45) is 0 Å². The Morgan fingerprint density at radius 3 is 2.47 bits per heavy atom. The van der Waals surface area contributed by atoms with E-state index in [2.05, 4.69) is 15.1 Å². The van der Waals surface area contributed by atoms with Crippen LogP contribution in [0.2, 0.25) is 0 Å². The number of pyridine rings is 2. The topological polar surface area (TPSA) is 101 Å². The maximum absolute atomic E-state index is 13.2.